The third-order valence-corrected chi connectivity index (χ3v) is 4.14. The fourth-order valence-electron chi connectivity index (χ4n) is 1.73. The SMILES string of the molecule is O=C1CCC(NS(=O)(=O)c2cn[nH]c2)CC1. The first-order valence-corrected chi connectivity index (χ1v) is 6.59. The number of hydrogen-bond acceptors (Lipinski definition) is 4. The lowest BCUT2D eigenvalue weighted by molar-refractivity contribution is -0.120. The van der Waals surface area contributed by atoms with Gasteiger partial charge in [-0.3, -0.25) is 9.89 Å². The van der Waals surface area contributed by atoms with Crippen molar-refractivity contribution in [2.45, 2.75) is 36.6 Å². The quantitative estimate of drug-likeness (QED) is 0.793. The lowest BCUT2D eigenvalue weighted by Gasteiger charge is -2.21. The number of carbonyl (C=O) groups is 1. The summed E-state index contributed by atoms with van der Waals surface area (Å²) in [6.07, 6.45) is 4.66. The van der Waals surface area contributed by atoms with Gasteiger partial charge in [-0.05, 0) is 12.8 Å². The molecule has 1 aliphatic rings. The van der Waals surface area contributed by atoms with Crippen LogP contribution in [0.25, 0.3) is 0 Å². The Morgan fingerprint density at radius 2 is 2.06 bits per heavy atom. The van der Waals surface area contributed by atoms with Gasteiger partial charge in [0.15, 0.2) is 0 Å². The van der Waals surface area contributed by atoms with Crippen molar-refractivity contribution in [3.05, 3.63) is 12.4 Å². The van der Waals surface area contributed by atoms with Crippen molar-refractivity contribution in [1.29, 1.82) is 0 Å². The van der Waals surface area contributed by atoms with Crippen molar-refractivity contribution < 1.29 is 13.2 Å². The number of hydrogen-bond donors (Lipinski definition) is 2. The molecule has 1 fully saturated rings. The van der Waals surface area contributed by atoms with Crippen LogP contribution in [0.5, 0.6) is 0 Å². The summed E-state index contributed by atoms with van der Waals surface area (Å²) in [4.78, 5) is 11.1. The van der Waals surface area contributed by atoms with Crippen LogP contribution in [-0.4, -0.2) is 30.4 Å². The Morgan fingerprint density at radius 1 is 1.38 bits per heavy atom. The highest BCUT2D eigenvalue weighted by molar-refractivity contribution is 7.89. The minimum atomic E-state index is -3.49. The van der Waals surface area contributed by atoms with Crippen LogP contribution in [0.1, 0.15) is 25.7 Å². The molecule has 2 N–H and O–H groups in total. The molecule has 2 rings (SSSR count). The number of H-pyrrole nitrogens is 1. The van der Waals surface area contributed by atoms with Crippen molar-refractivity contribution in [3.63, 3.8) is 0 Å². The van der Waals surface area contributed by atoms with E-state index in [1.165, 1.54) is 12.4 Å². The smallest absolute Gasteiger partial charge is 0.243 e. The second-order valence-electron chi connectivity index (χ2n) is 3.87. The zero-order valence-electron chi connectivity index (χ0n) is 8.64. The van der Waals surface area contributed by atoms with E-state index in [1.54, 1.807) is 0 Å². The maximum Gasteiger partial charge on any atom is 0.243 e. The summed E-state index contributed by atoms with van der Waals surface area (Å²) in [7, 11) is -3.49. The third kappa shape index (κ3) is 2.48. The summed E-state index contributed by atoms with van der Waals surface area (Å²) in [5, 5.41) is 6.05. The summed E-state index contributed by atoms with van der Waals surface area (Å²) >= 11 is 0. The van der Waals surface area contributed by atoms with E-state index in [2.05, 4.69) is 14.9 Å². The first-order valence-electron chi connectivity index (χ1n) is 5.11. The molecule has 6 nitrogen and oxygen atoms in total. The molecule has 0 aliphatic heterocycles. The zero-order chi connectivity index (χ0) is 11.6. The van der Waals surface area contributed by atoms with E-state index in [4.69, 9.17) is 0 Å². The summed E-state index contributed by atoms with van der Waals surface area (Å²) in [6.45, 7) is 0. The normalized spacial score (nSPS) is 18.9. The van der Waals surface area contributed by atoms with Gasteiger partial charge in [-0.15, -0.1) is 0 Å². The van der Waals surface area contributed by atoms with Crippen molar-refractivity contribution >= 4 is 15.8 Å². The van der Waals surface area contributed by atoms with Gasteiger partial charge in [0.2, 0.25) is 10.0 Å². The van der Waals surface area contributed by atoms with E-state index in [1.807, 2.05) is 0 Å². The lowest BCUT2D eigenvalue weighted by atomic mass is 9.95. The first-order chi connectivity index (χ1) is 7.58. The van der Waals surface area contributed by atoms with Crippen LogP contribution < -0.4 is 4.72 Å². The van der Waals surface area contributed by atoms with Crippen LogP contribution in [0.3, 0.4) is 0 Å². The van der Waals surface area contributed by atoms with Gasteiger partial charge in [-0.1, -0.05) is 0 Å². The molecular formula is C9H13N3O3S. The van der Waals surface area contributed by atoms with Gasteiger partial charge in [-0.2, -0.15) is 5.10 Å². The largest absolute Gasteiger partial charge is 0.300 e. The highest BCUT2D eigenvalue weighted by atomic mass is 32.2. The van der Waals surface area contributed by atoms with Crippen LogP contribution in [0, 0.1) is 0 Å². The van der Waals surface area contributed by atoms with E-state index in [-0.39, 0.29) is 16.7 Å². The third-order valence-electron chi connectivity index (χ3n) is 2.65. The predicted molar refractivity (Wildman–Crippen MR) is 56.2 cm³/mol. The maximum atomic E-state index is 11.8. The number of ketones is 1. The molecule has 0 saturated heterocycles. The van der Waals surface area contributed by atoms with Crippen molar-refractivity contribution in [3.8, 4) is 0 Å². The highest BCUT2D eigenvalue weighted by Gasteiger charge is 2.24. The Bertz CT molecular complexity index is 456. The first kappa shape index (κ1) is 11.3. The van der Waals surface area contributed by atoms with Crippen molar-refractivity contribution in [2.75, 3.05) is 0 Å². The lowest BCUT2D eigenvalue weighted by Crippen LogP contribution is -2.37. The fraction of sp³-hybridized carbons (Fsp3) is 0.556. The average Bonchev–Trinajstić information content (AvgIpc) is 2.75. The summed E-state index contributed by atoms with van der Waals surface area (Å²) in [5.41, 5.74) is 0. The van der Waals surface area contributed by atoms with Gasteiger partial charge in [-0.25, -0.2) is 13.1 Å². The van der Waals surface area contributed by atoms with Crippen LogP contribution in [0.15, 0.2) is 17.3 Å². The van der Waals surface area contributed by atoms with Crippen LogP contribution in [-0.2, 0) is 14.8 Å². The molecule has 1 aromatic heterocycles. The number of carbonyl (C=O) groups excluding carboxylic acids is 1. The molecular weight excluding hydrogens is 230 g/mol. The van der Waals surface area contributed by atoms with Gasteiger partial charge < -0.3 is 0 Å². The van der Waals surface area contributed by atoms with Crippen molar-refractivity contribution in [2.24, 2.45) is 0 Å². The van der Waals surface area contributed by atoms with Gasteiger partial charge >= 0.3 is 0 Å². The number of Topliss-reactive ketones (excluding diaryl/α,β-unsaturated/α-hetero) is 1. The Kier molecular flexibility index (Phi) is 3.06. The molecule has 1 aromatic rings. The summed E-state index contributed by atoms with van der Waals surface area (Å²) < 4.78 is 26.2. The standard InChI is InChI=1S/C9H13N3O3S/c13-8-3-1-7(2-4-8)12-16(14,15)9-5-10-11-6-9/h5-7,12H,1-4H2,(H,10,11). The monoisotopic (exact) mass is 243 g/mol. The fourth-order valence-corrected chi connectivity index (χ4v) is 2.94. The molecule has 0 atom stereocenters. The second-order valence-corrected chi connectivity index (χ2v) is 5.58. The molecule has 7 heteroatoms. The molecule has 0 bridgehead atoms. The molecule has 0 spiro atoms. The molecule has 1 saturated carbocycles. The van der Waals surface area contributed by atoms with Crippen molar-refractivity contribution in [1.82, 2.24) is 14.9 Å². The number of aromatic amines is 1. The van der Waals surface area contributed by atoms with Gasteiger partial charge in [0, 0.05) is 25.1 Å². The maximum absolute atomic E-state index is 11.8. The zero-order valence-corrected chi connectivity index (χ0v) is 9.46. The number of nitrogens with zero attached hydrogens (tertiary/aromatic N) is 1. The van der Waals surface area contributed by atoms with E-state index in [9.17, 15) is 13.2 Å². The predicted octanol–water partition coefficient (Wildman–Crippen LogP) is 0.200. The van der Waals surface area contributed by atoms with Crippen LogP contribution in [0.4, 0.5) is 0 Å². The summed E-state index contributed by atoms with van der Waals surface area (Å²) in [5.74, 6) is 0.207. The topological polar surface area (TPSA) is 91.9 Å². The number of nitrogens with one attached hydrogen (secondary N) is 2. The molecule has 1 heterocycles. The molecule has 16 heavy (non-hydrogen) atoms. The Labute approximate surface area is 93.5 Å². The van der Waals surface area contributed by atoms with E-state index >= 15 is 0 Å². The minimum Gasteiger partial charge on any atom is -0.300 e. The van der Waals surface area contributed by atoms with E-state index < -0.39 is 10.0 Å². The Hall–Kier alpha value is -1.21. The minimum absolute atomic E-state index is 0.129. The molecule has 1 aliphatic carbocycles. The second kappa shape index (κ2) is 4.34. The van der Waals surface area contributed by atoms with E-state index in [0.717, 1.165) is 0 Å². The number of rotatable bonds is 3. The van der Waals surface area contributed by atoms with Gasteiger partial charge in [0.25, 0.3) is 0 Å². The molecule has 0 amide bonds. The number of aromatic nitrogens is 2. The van der Waals surface area contributed by atoms with E-state index in [0.29, 0.717) is 25.7 Å². The summed E-state index contributed by atoms with van der Waals surface area (Å²) in [6, 6.07) is -0.141. The van der Waals surface area contributed by atoms with Crippen LogP contribution >= 0.6 is 0 Å². The molecule has 0 radical (unpaired) electrons. The molecule has 0 unspecified atom stereocenters. The average molecular weight is 243 g/mol. The molecule has 0 aromatic carbocycles. The highest BCUT2D eigenvalue weighted by Crippen LogP contribution is 2.17. The van der Waals surface area contributed by atoms with Crippen LogP contribution in [0.2, 0.25) is 0 Å². The van der Waals surface area contributed by atoms with Gasteiger partial charge in [0.1, 0.15) is 10.7 Å². The Morgan fingerprint density at radius 3 is 2.62 bits per heavy atom. The number of sulfonamides is 1. The Balaban J connectivity index is 2.02. The van der Waals surface area contributed by atoms with Gasteiger partial charge in [0.05, 0.1) is 6.20 Å². The molecule has 88 valence electrons.